The molecule has 1 saturated carbocycles. The normalized spacial score (nSPS) is 26.4. The highest BCUT2D eigenvalue weighted by Gasteiger charge is 2.23. The minimum Gasteiger partial charge on any atom is -0.481 e. The number of hydrogen-bond donors (Lipinski definition) is 2. The van der Waals surface area contributed by atoms with Gasteiger partial charge in [-0.3, -0.25) is 4.79 Å². The second-order valence-corrected chi connectivity index (χ2v) is 5.46. The first-order chi connectivity index (χ1) is 8.15. The Labute approximate surface area is 105 Å². The van der Waals surface area contributed by atoms with Gasteiger partial charge in [0, 0.05) is 0 Å². The predicted octanol–water partition coefficient (Wildman–Crippen LogP) is 2.90. The van der Waals surface area contributed by atoms with Crippen LogP contribution < -0.4 is 5.32 Å². The van der Waals surface area contributed by atoms with Crippen molar-refractivity contribution in [3.8, 4) is 0 Å². The highest BCUT2D eigenvalue weighted by atomic mass is 16.4. The summed E-state index contributed by atoms with van der Waals surface area (Å²) in [5, 5.41) is 11.7. The molecule has 0 radical (unpaired) electrons. The smallest absolute Gasteiger partial charge is 0.306 e. The third kappa shape index (κ3) is 5.07. The molecule has 0 aromatic heterocycles. The highest BCUT2D eigenvalue weighted by molar-refractivity contribution is 5.70. The predicted molar refractivity (Wildman–Crippen MR) is 70.0 cm³/mol. The molecule has 2 atom stereocenters. The average molecular weight is 241 g/mol. The molecule has 17 heavy (non-hydrogen) atoms. The maximum atomic E-state index is 9.98. The molecule has 2 rings (SSSR count). The summed E-state index contributed by atoms with van der Waals surface area (Å²) in [5.41, 5.74) is 0. The Balaban J connectivity index is 0.000000181. The SMILES string of the molecule is CCC(C)C1CCCNC1.O=C(O)C1CCC1. The van der Waals surface area contributed by atoms with E-state index in [0.29, 0.717) is 0 Å². The lowest BCUT2D eigenvalue weighted by atomic mass is 9.86. The first kappa shape index (κ1) is 14.5. The van der Waals surface area contributed by atoms with E-state index >= 15 is 0 Å². The van der Waals surface area contributed by atoms with Crippen LogP contribution in [-0.2, 0) is 4.79 Å². The fourth-order valence-electron chi connectivity index (χ4n) is 2.35. The third-order valence-corrected chi connectivity index (χ3v) is 4.24. The molecule has 1 aliphatic carbocycles. The summed E-state index contributed by atoms with van der Waals surface area (Å²) in [6, 6.07) is 0. The summed E-state index contributed by atoms with van der Waals surface area (Å²) in [7, 11) is 0. The van der Waals surface area contributed by atoms with E-state index in [9.17, 15) is 4.79 Å². The van der Waals surface area contributed by atoms with Crippen LogP contribution in [0.4, 0.5) is 0 Å². The summed E-state index contributed by atoms with van der Waals surface area (Å²) in [5.74, 6) is 1.26. The van der Waals surface area contributed by atoms with Crippen LogP contribution in [0.25, 0.3) is 0 Å². The number of aliphatic carboxylic acids is 1. The van der Waals surface area contributed by atoms with Gasteiger partial charge in [-0.05, 0) is 50.6 Å². The number of carboxylic acid groups (broad SMARTS) is 1. The summed E-state index contributed by atoms with van der Waals surface area (Å²) < 4.78 is 0. The van der Waals surface area contributed by atoms with Crippen LogP contribution in [0.5, 0.6) is 0 Å². The lowest BCUT2D eigenvalue weighted by molar-refractivity contribution is -0.144. The molecule has 2 unspecified atom stereocenters. The van der Waals surface area contributed by atoms with E-state index in [1.807, 2.05) is 0 Å². The van der Waals surface area contributed by atoms with Gasteiger partial charge in [0.1, 0.15) is 0 Å². The zero-order valence-corrected chi connectivity index (χ0v) is 11.2. The van der Waals surface area contributed by atoms with E-state index in [1.54, 1.807) is 0 Å². The summed E-state index contributed by atoms with van der Waals surface area (Å²) in [6.07, 6.45) is 7.07. The van der Waals surface area contributed by atoms with Gasteiger partial charge in [0.05, 0.1) is 5.92 Å². The number of carbonyl (C=O) groups is 1. The zero-order valence-electron chi connectivity index (χ0n) is 11.2. The van der Waals surface area contributed by atoms with Gasteiger partial charge in [-0.15, -0.1) is 0 Å². The van der Waals surface area contributed by atoms with Crippen LogP contribution in [0, 0.1) is 17.8 Å². The topological polar surface area (TPSA) is 49.3 Å². The Kier molecular flexibility index (Phi) is 6.56. The van der Waals surface area contributed by atoms with Crippen molar-refractivity contribution < 1.29 is 9.90 Å². The van der Waals surface area contributed by atoms with Gasteiger partial charge in [-0.25, -0.2) is 0 Å². The maximum Gasteiger partial charge on any atom is 0.306 e. The Hall–Kier alpha value is -0.570. The van der Waals surface area contributed by atoms with Gasteiger partial charge in [0.25, 0.3) is 0 Å². The van der Waals surface area contributed by atoms with Crippen molar-refractivity contribution >= 4 is 5.97 Å². The molecule has 0 aromatic carbocycles. The van der Waals surface area contributed by atoms with Crippen molar-refractivity contribution in [1.82, 2.24) is 5.32 Å². The van der Waals surface area contributed by atoms with Crippen molar-refractivity contribution in [2.45, 2.75) is 52.4 Å². The van der Waals surface area contributed by atoms with Gasteiger partial charge in [-0.2, -0.15) is 0 Å². The van der Waals surface area contributed by atoms with Crippen LogP contribution >= 0.6 is 0 Å². The van der Waals surface area contributed by atoms with E-state index in [2.05, 4.69) is 19.2 Å². The van der Waals surface area contributed by atoms with Gasteiger partial charge < -0.3 is 10.4 Å². The van der Waals surface area contributed by atoms with E-state index in [-0.39, 0.29) is 5.92 Å². The quantitative estimate of drug-likeness (QED) is 0.798. The largest absolute Gasteiger partial charge is 0.481 e. The minimum atomic E-state index is -0.619. The fraction of sp³-hybridized carbons (Fsp3) is 0.929. The lowest BCUT2D eigenvalue weighted by Gasteiger charge is -2.27. The maximum absolute atomic E-state index is 9.98. The monoisotopic (exact) mass is 241 g/mol. The Bertz CT molecular complexity index is 220. The van der Waals surface area contributed by atoms with Crippen LogP contribution in [0.15, 0.2) is 0 Å². The molecule has 3 nitrogen and oxygen atoms in total. The molecule has 3 heteroatoms. The van der Waals surface area contributed by atoms with E-state index in [0.717, 1.165) is 31.1 Å². The van der Waals surface area contributed by atoms with Crippen molar-refractivity contribution in [3.05, 3.63) is 0 Å². The summed E-state index contributed by atoms with van der Waals surface area (Å²) >= 11 is 0. The first-order valence-corrected chi connectivity index (χ1v) is 7.08. The molecule has 2 fully saturated rings. The molecule has 0 aromatic rings. The van der Waals surface area contributed by atoms with Gasteiger partial charge in [0.15, 0.2) is 0 Å². The van der Waals surface area contributed by atoms with E-state index in [1.165, 1.54) is 32.4 Å². The fourth-order valence-corrected chi connectivity index (χ4v) is 2.35. The third-order valence-electron chi connectivity index (χ3n) is 4.24. The van der Waals surface area contributed by atoms with Crippen LogP contribution in [0.2, 0.25) is 0 Å². The van der Waals surface area contributed by atoms with E-state index in [4.69, 9.17) is 5.11 Å². The minimum absolute atomic E-state index is 0.000000000000000444. The van der Waals surface area contributed by atoms with E-state index < -0.39 is 5.97 Å². The highest BCUT2D eigenvalue weighted by Crippen LogP contribution is 2.25. The Morgan fingerprint density at radius 2 is 2.06 bits per heavy atom. The molecule has 0 bridgehead atoms. The van der Waals surface area contributed by atoms with Crippen LogP contribution in [0.3, 0.4) is 0 Å². The molecular formula is C14H27NO2. The van der Waals surface area contributed by atoms with Crippen molar-refractivity contribution in [3.63, 3.8) is 0 Å². The zero-order chi connectivity index (χ0) is 12.7. The summed E-state index contributed by atoms with van der Waals surface area (Å²) in [4.78, 5) is 9.98. The Morgan fingerprint density at radius 1 is 1.35 bits per heavy atom. The molecule has 1 aliphatic heterocycles. The number of rotatable bonds is 3. The first-order valence-electron chi connectivity index (χ1n) is 7.08. The number of carboxylic acids is 1. The van der Waals surface area contributed by atoms with Crippen molar-refractivity contribution in [2.24, 2.45) is 17.8 Å². The number of nitrogens with one attached hydrogen (secondary N) is 1. The van der Waals surface area contributed by atoms with Crippen molar-refractivity contribution in [2.75, 3.05) is 13.1 Å². The number of piperidine rings is 1. The molecular weight excluding hydrogens is 214 g/mol. The number of hydrogen-bond acceptors (Lipinski definition) is 2. The Morgan fingerprint density at radius 3 is 2.35 bits per heavy atom. The molecule has 1 saturated heterocycles. The second-order valence-electron chi connectivity index (χ2n) is 5.46. The molecule has 1 heterocycles. The summed E-state index contributed by atoms with van der Waals surface area (Å²) in [6.45, 7) is 7.17. The second kappa shape index (κ2) is 7.70. The van der Waals surface area contributed by atoms with Gasteiger partial charge in [-0.1, -0.05) is 26.7 Å². The average Bonchev–Trinajstić information content (AvgIpc) is 2.27. The van der Waals surface area contributed by atoms with Gasteiger partial charge >= 0.3 is 5.97 Å². The molecule has 0 amide bonds. The molecule has 0 spiro atoms. The van der Waals surface area contributed by atoms with Crippen LogP contribution in [0.1, 0.15) is 52.4 Å². The molecule has 2 N–H and O–H groups in total. The van der Waals surface area contributed by atoms with Gasteiger partial charge in [0.2, 0.25) is 0 Å². The molecule has 2 aliphatic rings. The van der Waals surface area contributed by atoms with Crippen LogP contribution in [-0.4, -0.2) is 24.2 Å². The molecule has 100 valence electrons. The van der Waals surface area contributed by atoms with Crippen molar-refractivity contribution in [1.29, 1.82) is 0 Å². The standard InChI is InChI=1S/C9H19N.C5H8O2/c1-3-8(2)9-5-4-6-10-7-9;6-5(7)4-2-1-3-4/h8-10H,3-7H2,1-2H3;4H,1-3H2,(H,6,7). The lowest BCUT2D eigenvalue weighted by Crippen LogP contribution is -2.33.